The lowest BCUT2D eigenvalue weighted by Gasteiger charge is -1.96. The molecular weight excluding hydrogens is 242 g/mol. The van der Waals surface area contributed by atoms with Gasteiger partial charge >= 0.3 is 5.97 Å². The molecule has 19 heavy (non-hydrogen) atoms. The van der Waals surface area contributed by atoms with Crippen LogP contribution in [0.25, 0.3) is 6.08 Å². The molecule has 0 aliphatic carbocycles. The first-order chi connectivity index (χ1) is 9.11. The highest BCUT2D eigenvalue weighted by molar-refractivity contribution is 5.73. The van der Waals surface area contributed by atoms with E-state index in [0.717, 1.165) is 0 Å². The zero-order valence-corrected chi connectivity index (χ0v) is 10.6. The fourth-order valence-electron chi connectivity index (χ4n) is 0.952. The number of rotatable bonds is 5. The number of nitrogens with two attached hydrogens (primary N) is 1. The lowest BCUT2D eigenvalue weighted by Crippen LogP contribution is -2.33. The van der Waals surface area contributed by atoms with Gasteiger partial charge < -0.3 is 15.9 Å². The van der Waals surface area contributed by atoms with E-state index in [1.807, 2.05) is 36.4 Å². The largest absolute Gasteiger partial charge is 0.480 e. The maximum atomic E-state index is 9.65. The smallest absolute Gasteiger partial charge is 0.322 e. The van der Waals surface area contributed by atoms with Crippen LogP contribution in [-0.4, -0.2) is 28.8 Å². The standard InChI is InChI=1S/C12H12.C3H7NO3/c1-2-3-4-6-9-12-10-7-5-8-11-12;4-2(1-5)3(6)7/h2-11H,1H2;2,5H,1,4H2,(H,6,7)/t;2-/m.0/s1. The summed E-state index contributed by atoms with van der Waals surface area (Å²) in [5.41, 5.74) is 5.98. The van der Waals surface area contributed by atoms with Gasteiger partial charge in [0.15, 0.2) is 0 Å². The van der Waals surface area contributed by atoms with Gasteiger partial charge in [-0.1, -0.05) is 67.3 Å². The molecule has 0 aliphatic heterocycles. The second-order valence-electron chi connectivity index (χ2n) is 3.52. The second kappa shape index (κ2) is 11.0. The lowest BCUT2D eigenvalue weighted by molar-refractivity contribution is -0.139. The Morgan fingerprint density at radius 1 is 1.26 bits per heavy atom. The quantitative estimate of drug-likeness (QED) is 0.706. The van der Waals surface area contributed by atoms with E-state index in [9.17, 15) is 4.79 Å². The first kappa shape index (κ1) is 16.8. The minimum atomic E-state index is -1.18. The number of carboxylic acids is 1. The van der Waals surface area contributed by atoms with Gasteiger partial charge in [-0.15, -0.1) is 0 Å². The Morgan fingerprint density at radius 2 is 1.89 bits per heavy atom. The molecule has 4 heteroatoms. The molecule has 0 saturated heterocycles. The summed E-state index contributed by atoms with van der Waals surface area (Å²) in [5, 5.41) is 15.9. The van der Waals surface area contributed by atoms with E-state index in [0.29, 0.717) is 0 Å². The van der Waals surface area contributed by atoms with Gasteiger partial charge in [0.05, 0.1) is 6.61 Å². The molecule has 0 aromatic heterocycles. The van der Waals surface area contributed by atoms with Crippen LogP contribution in [-0.2, 0) is 4.79 Å². The summed E-state index contributed by atoms with van der Waals surface area (Å²) in [7, 11) is 0. The molecule has 0 fully saturated rings. The lowest BCUT2D eigenvalue weighted by atomic mass is 10.2. The number of carbonyl (C=O) groups is 1. The molecule has 0 bridgehead atoms. The second-order valence-corrected chi connectivity index (χ2v) is 3.52. The predicted molar refractivity (Wildman–Crippen MR) is 77.5 cm³/mol. The maximum absolute atomic E-state index is 9.65. The van der Waals surface area contributed by atoms with Crippen LogP contribution in [0.15, 0.2) is 61.2 Å². The third-order valence-corrected chi connectivity index (χ3v) is 1.96. The van der Waals surface area contributed by atoms with Crippen molar-refractivity contribution in [3.63, 3.8) is 0 Å². The van der Waals surface area contributed by atoms with Gasteiger partial charge in [0.25, 0.3) is 0 Å². The van der Waals surface area contributed by atoms with E-state index < -0.39 is 18.6 Å². The third-order valence-electron chi connectivity index (χ3n) is 1.96. The summed E-state index contributed by atoms with van der Waals surface area (Å²) in [6.07, 6.45) is 9.67. The van der Waals surface area contributed by atoms with Crippen LogP contribution in [0.3, 0.4) is 0 Å². The van der Waals surface area contributed by atoms with E-state index in [1.54, 1.807) is 6.08 Å². The number of aliphatic hydroxyl groups is 1. The van der Waals surface area contributed by atoms with Crippen molar-refractivity contribution >= 4 is 12.0 Å². The monoisotopic (exact) mass is 261 g/mol. The Morgan fingerprint density at radius 3 is 2.32 bits per heavy atom. The summed E-state index contributed by atoms with van der Waals surface area (Å²) >= 11 is 0. The number of aliphatic carboxylic acids is 1. The highest BCUT2D eigenvalue weighted by atomic mass is 16.4. The van der Waals surface area contributed by atoms with Crippen molar-refractivity contribution in [2.45, 2.75) is 6.04 Å². The molecule has 0 amide bonds. The first-order valence-electron chi connectivity index (χ1n) is 5.72. The zero-order chi connectivity index (χ0) is 14.5. The van der Waals surface area contributed by atoms with Crippen molar-refractivity contribution in [3.8, 4) is 0 Å². The van der Waals surface area contributed by atoms with Crippen LogP contribution in [0.4, 0.5) is 0 Å². The fourth-order valence-corrected chi connectivity index (χ4v) is 0.952. The molecule has 1 atom stereocenters. The van der Waals surface area contributed by atoms with Gasteiger partial charge in [-0.25, -0.2) is 0 Å². The van der Waals surface area contributed by atoms with Crippen molar-refractivity contribution in [1.29, 1.82) is 0 Å². The fraction of sp³-hybridized carbons (Fsp3) is 0.133. The van der Waals surface area contributed by atoms with Gasteiger partial charge in [0.1, 0.15) is 6.04 Å². The van der Waals surface area contributed by atoms with E-state index in [1.165, 1.54) is 5.56 Å². The van der Waals surface area contributed by atoms with Gasteiger partial charge in [-0.05, 0) is 5.56 Å². The molecule has 0 saturated carbocycles. The van der Waals surface area contributed by atoms with Crippen molar-refractivity contribution in [2.24, 2.45) is 5.73 Å². The Labute approximate surface area is 113 Å². The number of allylic oxidation sites excluding steroid dienone is 4. The molecule has 0 radical (unpaired) electrons. The maximum Gasteiger partial charge on any atom is 0.322 e. The van der Waals surface area contributed by atoms with Gasteiger partial charge in [-0.3, -0.25) is 4.79 Å². The normalized spacial score (nSPS) is 11.9. The van der Waals surface area contributed by atoms with Gasteiger partial charge in [0, 0.05) is 0 Å². The molecular formula is C15H19NO3. The molecule has 1 rings (SSSR count). The Hall–Kier alpha value is -2.17. The van der Waals surface area contributed by atoms with Crippen LogP contribution >= 0.6 is 0 Å². The number of aliphatic hydroxyl groups excluding tert-OH is 1. The Kier molecular flexibility index (Phi) is 9.70. The van der Waals surface area contributed by atoms with Crippen LogP contribution in [0, 0.1) is 0 Å². The highest BCUT2D eigenvalue weighted by Gasteiger charge is 2.06. The number of benzene rings is 1. The van der Waals surface area contributed by atoms with E-state index in [2.05, 4.69) is 24.8 Å². The molecule has 4 nitrogen and oxygen atoms in total. The highest BCUT2D eigenvalue weighted by Crippen LogP contribution is 2.00. The Balaban J connectivity index is 0.000000399. The first-order valence-corrected chi connectivity index (χ1v) is 5.72. The zero-order valence-electron chi connectivity index (χ0n) is 10.6. The van der Waals surface area contributed by atoms with E-state index in [4.69, 9.17) is 15.9 Å². The summed E-state index contributed by atoms with van der Waals surface area (Å²) < 4.78 is 0. The number of carboxylic acid groups (broad SMARTS) is 1. The average molecular weight is 261 g/mol. The molecule has 1 aromatic carbocycles. The van der Waals surface area contributed by atoms with Crippen LogP contribution < -0.4 is 5.73 Å². The van der Waals surface area contributed by atoms with Crippen molar-refractivity contribution < 1.29 is 15.0 Å². The summed E-state index contributed by atoms with van der Waals surface area (Å²) in [4.78, 5) is 9.65. The molecule has 0 aliphatic rings. The number of hydrogen-bond donors (Lipinski definition) is 3. The van der Waals surface area contributed by atoms with Crippen LogP contribution in [0.1, 0.15) is 5.56 Å². The van der Waals surface area contributed by atoms with Gasteiger partial charge in [-0.2, -0.15) is 0 Å². The van der Waals surface area contributed by atoms with Gasteiger partial charge in [0.2, 0.25) is 0 Å². The average Bonchev–Trinajstić information content (AvgIpc) is 2.44. The molecule has 1 aromatic rings. The van der Waals surface area contributed by atoms with Crippen LogP contribution in [0.5, 0.6) is 0 Å². The van der Waals surface area contributed by atoms with E-state index >= 15 is 0 Å². The third kappa shape index (κ3) is 9.52. The summed E-state index contributed by atoms with van der Waals surface area (Å²) in [6.45, 7) is 3.08. The van der Waals surface area contributed by atoms with E-state index in [-0.39, 0.29) is 0 Å². The van der Waals surface area contributed by atoms with Crippen molar-refractivity contribution in [3.05, 3.63) is 66.8 Å². The van der Waals surface area contributed by atoms with Crippen LogP contribution in [0.2, 0.25) is 0 Å². The minimum Gasteiger partial charge on any atom is -0.480 e. The molecule has 0 heterocycles. The molecule has 0 spiro atoms. The SMILES string of the molecule is C=CC=CC=Cc1ccccc1.N[C@@H](CO)C(=O)O. The number of hydrogen-bond acceptors (Lipinski definition) is 3. The topological polar surface area (TPSA) is 83.5 Å². The minimum absolute atomic E-state index is 0.505. The summed E-state index contributed by atoms with van der Waals surface area (Å²) in [5.74, 6) is -1.18. The van der Waals surface area contributed by atoms with Crippen molar-refractivity contribution in [1.82, 2.24) is 0 Å². The molecule has 0 unspecified atom stereocenters. The molecule has 102 valence electrons. The molecule has 4 N–H and O–H groups in total. The van der Waals surface area contributed by atoms with Crippen molar-refractivity contribution in [2.75, 3.05) is 6.61 Å². The predicted octanol–water partition coefficient (Wildman–Crippen LogP) is 1.83. The Bertz CT molecular complexity index is 424. The summed E-state index contributed by atoms with van der Waals surface area (Å²) in [6, 6.07) is 9.07.